The molecule has 0 aliphatic carbocycles. The Bertz CT molecular complexity index is 453. The number of anilines is 1. The van der Waals surface area contributed by atoms with Crippen molar-refractivity contribution in [2.75, 3.05) is 31.5 Å². The van der Waals surface area contributed by atoms with Crippen LogP contribution in [0.2, 0.25) is 0 Å². The second-order valence-corrected chi connectivity index (χ2v) is 4.30. The van der Waals surface area contributed by atoms with Crippen LogP contribution in [0.5, 0.6) is 0 Å². The second kappa shape index (κ2) is 5.64. The van der Waals surface area contributed by atoms with Crippen LogP contribution < -0.4 is 10.6 Å². The largest absolute Gasteiger partial charge is 0.322 e. The molecule has 1 aliphatic rings. The summed E-state index contributed by atoms with van der Waals surface area (Å²) in [4.78, 5) is 25.0. The van der Waals surface area contributed by atoms with E-state index in [1.807, 2.05) is 0 Å². The van der Waals surface area contributed by atoms with E-state index in [1.165, 1.54) is 6.92 Å². The minimum absolute atomic E-state index is 0.00623. The molecular weight excluding hydrogens is 230 g/mol. The van der Waals surface area contributed by atoms with Gasteiger partial charge < -0.3 is 15.5 Å². The van der Waals surface area contributed by atoms with Gasteiger partial charge in [-0.2, -0.15) is 0 Å². The van der Waals surface area contributed by atoms with Gasteiger partial charge in [0.25, 0.3) is 0 Å². The molecular formula is C13H17N3O2. The van der Waals surface area contributed by atoms with Gasteiger partial charge in [0.1, 0.15) is 0 Å². The summed E-state index contributed by atoms with van der Waals surface area (Å²) in [5, 5.41) is 6.01. The monoisotopic (exact) mass is 247 g/mol. The van der Waals surface area contributed by atoms with Crippen molar-refractivity contribution in [1.82, 2.24) is 10.2 Å². The molecule has 2 amide bonds. The van der Waals surface area contributed by atoms with Crippen LogP contribution in [0.4, 0.5) is 10.5 Å². The molecule has 0 atom stereocenters. The Morgan fingerprint density at radius 1 is 1.28 bits per heavy atom. The van der Waals surface area contributed by atoms with E-state index in [9.17, 15) is 9.59 Å². The minimum atomic E-state index is -0.114. The highest BCUT2D eigenvalue weighted by atomic mass is 16.2. The predicted molar refractivity (Wildman–Crippen MR) is 69.9 cm³/mol. The van der Waals surface area contributed by atoms with Gasteiger partial charge in [-0.15, -0.1) is 0 Å². The van der Waals surface area contributed by atoms with Gasteiger partial charge in [-0.05, 0) is 19.1 Å². The van der Waals surface area contributed by atoms with E-state index in [-0.39, 0.29) is 11.8 Å². The Hall–Kier alpha value is -1.88. The Morgan fingerprint density at radius 3 is 2.67 bits per heavy atom. The fourth-order valence-electron chi connectivity index (χ4n) is 1.89. The molecule has 2 N–H and O–H groups in total. The van der Waals surface area contributed by atoms with Crippen molar-refractivity contribution in [3.05, 3.63) is 29.8 Å². The lowest BCUT2D eigenvalue weighted by Crippen LogP contribution is -2.48. The molecule has 0 bridgehead atoms. The highest BCUT2D eigenvalue weighted by Crippen LogP contribution is 2.12. The van der Waals surface area contributed by atoms with Crippen LogP contribution in [-0.2, 0) is 0 Å². The summed E-state index contributed by atoms with van der Waals surface area (Å²) >= 11 is 0. The summed E-state index contributed by atoms with van der Waals surface area (Å²) in [5.41, 5.74) is 1.26. The van der Waals surface area contributed by atoms with Crippen molar-refractivity contribution >= 4 is 17.5 Å². The normalized spacial score (nSPS) is 15.3. The van der Waals surface area contributed by atoms with E-state index in [4.69, 9.17) is 0 Å². The molecule has 96 valence electrons. The average Bonchev–Trinajstić information content (AvgIpc) is 2.40. The van der Waals surface area contributed by atoms with E-state index < -0.39 is 0 Å². The molecule has 18 heavy (non-hydrogen) atoms. The zero-order chi connectivity index (χ0) is 13.0. The summed E-state index contributed by atoms with van der Waals surface area (Å²) in [5.74, 6) is -0.00623. The molecule has 0 spiro atoms. The van der Waals surface area contributed by atoms with Crippen molar-refractivity contribution in [3.63, 3.8) is 0 Å². The number of piperazine rings is 1. The lowest BCUT2D eigenvalue weighted by molar-refractivity contribution is 0.101. The molecule has 5 nitrogen and oxygen atoms in total. The average molecular weight is 247 g/mol. The van der Waals surface area contributed by atoms with Crippen LogP contribution in [0, 0.1) is 0 Å². The van der Waals surface area contributed by atoms with Gasteiger partial charge in [0.05, 0.1) is 0 Å². The molecule has 0 saturated carbocycles. The maximum absolute atomic E-state index is 12.0. The molecule has 1 heterocycles. The number of rotatable bonds is 2. The first-order valence-corrected chi connectivity index (χ1v) is 6.04. The number of carbonyl (C=O) groups is 2. The fraction of sp³-hybridized carbons (Fsp3) is 0.385. The molecule has 0 unspecified atom stereocenters. The number of amides is 2. The Morgan fingerprint density at radius 2 is 2.00 bits per heavy atom. The number of hydrogen-bond acceptors (Lipinski definition) is 3. The van der Waals surface area contributed by atoms with Crippen molar-refractivity contribution in [1.29, 1.82) is 0 Å². The number of benzene rings is 1. The Balaban J connectivity index is 2.02. The van der Waals surface area contributed by atoms with Gasteiger partial charge in [-0.1, -0.05) is 12.1 Å². The summed E-state index contributed by atoms with van der Waals surface area (Å²) in [6, 6.07) is 6.87. The van der Waals surface area contributed by atoms with Crippen LogP contribution in [0.25, 0.3) is 0 Å². The summed E-state index contributed by atoms with van der Waals surface area (Å²) in [6.07, 6.45) is 0. The number of nitrogens with one attached hydrogen (secondary N) is 2. The SMILES string of the molecule is CC(=O)c1cccc(NC(=O)N2CCNCC2)c1. The lowest BCUT2D eigenvalue weighted by atomic mass is 10.1. The topological polar surface area (TPSA) is 61.4 Å². The summed E-state index contributed by atoms with van der Waals surface area (Å²) in [6.45, 7) is 4.56. The minimum Gasteiger partial charge on any atom is -0.322 e. The number of carbonyl (C=O) groups excluding carboxylic acids is 2. The Labute approximate surface area is 106 Å². The van der Waals surface area contributed by atoms with Crippen LogP contribution in [0.3, 0.4) is 0 Å². The third-order valence-electron chi connectivity index (χ3n) is 2.92. The zero-order valence-corrected chi connectivity index (χ0v) is 10.4. The predicted octanol–water partition coefficient (Wildman–Crippen LogP) is 1.33. The summed E-state index contributed by atoms with van der Waals surface area (Å²) in [7, 11) is 0. The number of ketones is 1. The number of Topliss-reactive ketones (excluding diaryl/α,β-unsaturated/α-hetero) is 1. The molecule has 2 rings (SSSR count). The van der Waals surface area contributed by atoms with Gasteiger partial charge in [0.15, 0.2) is 5.78 Å². The standard InChI is InChI=1S/C13H17N3O2/c1-10(17)11-3-2-4-12(9-11)15-13(18)16-7-5-14-6-8-16/h2-4,9,14H,5-8H2,1H3,(H,15,18). The maximum atomic E-state index is 12.0. The third-order valence-corrected chi connectivity index (χ3v) is 2.92. The molecule has 1 saturated heterocycles. The Kier molecular flexibility index (Phi) is 3.94. The molecule has 0 radical (unpaired) electrons. The van der Waals surface area contributed by atoms with Gasteiger partial charge in [0.2, 0.25) is 0 Å². The number of hydrogen-bond donors (Lipinski definition) is 2. The van der Waals surface area contributed by atoms with Gasteiger partial charge in [0, 0.05) is 37.4 Å². The zero-order valence-electron chi connectivity index (χ0n) is 10.4. The number of nitrogens with zero attached hydrogens (tertiary/aromatic N) is 1. The molecule has 1 aromatic rings. The first-order valence-electron chi connectivity index (χ1n) is 6.04. The molecule has 1 aliphatic heterocycles. The first-order chi connectivity index (χ1) is 8.66. The highest BCUT2D eigenvalue weighted by Gasteiger charge is 2.16. The molecule has 1 fully saturated rings. The van der Waals surface area contributed by atoms with E-state index in [2.05, 4.69) is 10.6 Å². The fourth-order valence-corrected chi connectivity index (χ4v) is 1.89. The van der Waals surface area contributed by atoms with Gasteiger partial charge in [-0.25, -0.2) is 4.79 Å². The van der Waals surface area contributed by atoms with E-state index in [0.29, 0.717) is 24.3 Å². The van der Waals surface area contributed by atoms with Crippen LogP contribution in [0.1, 0.15) is 17.3 Å². The van der Waals surface area contributed by atoms with E-state index >= 15 is 0 Å². The summed E-state index contributed by atoms with van der Waals surface area (Å²) < 4.78 is 0. The second-order valence-electron chi connectivity index (χ2n) is 4.30. The van der Waals surface area contributed by atoms with E-state index in [0.717, 1.165) is 13.1 Å². The quantitative estimate of drug-likeness (QED) is 0.775. The first kappa shape index (κ1) is 12.6. The molecule has 1 aromatic carbocycles. The van der Waals surface area contributed by atoms with Crippen molar-refractivity contribution in [2.45, 2.75) is 6.92 Å². The lowest BCUT2D eigenvalue weighted by Gasteiger charge is -2.27. The van der Waals surface area contributed by atoms with Crippen LogP contribution in [0.15, 0.2) is 24.3 Å². The van der Waals surface area contributed by atoms with Crippen LogP contribution in [-0.4, -0.2) is 42.9 Å². The van der Waals surface area contributed by atoms with Crippen LogP contribution >= 0.6 is 0 Å². The van der Waals surface area contributed by atoms with Gasteiger partial charge >= 0.3 is 6.03 Å². The van der Waals surface area contributed by atoms with Crippen molar-refractivity contribution < 1.29 is 9.59 Å². The smallest absolute Gasteiger partial charge is 0.321 e. The number of urea groups is 1. The molecule has 0 aromatic heterocycles. The highest BCUT2D eigenvalue weighted by molar-refractivity contribution is 5.96. The van der Waals surface area contributed by atoms with E-state index in [1.54, 1.807) is 29.2 Å². The maximum Gasteiger partial charge on any atom is 0.321 e. The van der Waals surface area contributed by atoms with Crippen molar-refractivity contribution in [3.8, 4) is 0 Å². The van der Waals surface area contributed by atoms with Gasteiger partial charge in [-0.3, -0.25) is 4.79 Å². The van der Waals surface area contributed by atoms with Crippen molar-refractivity contribution in [2.24, 2.45) is 0 Å². The molecule has 5 heteroatoms. The third kappa shape index (κ3) is 3.07.